The van der Waals surface area contributed by atoms with Crippen molar-refractivity contribution in [1.29, 1.82) is 0 Å². The highest BCUT2D eigenvalue weighted by Crippen LogP contribution is 2.78. The fourth-order valence-corrected chi connectivity index (χ4v) is 7.93. The van der Waals surface area contributed by atoms with Crippen molar-refractivity contribution in [2.45, 2.75) is 36.8 Å². The lowest BCUT2D eigenvalue weighted by Gasteiger charge is -2.50. The molecule has 130 valence electrons. The molecular weight excluding hydrogens is 312 g/mol. The van der Waals surface area contributed by atoms with E-state index in [0.717, 1.165) is 25.9 Å². The van der Waals surface area contributed by atoms with Gasteiger partial charge in [0.15, 0.2) is 0 Å². The number of nitrogens with one attached hydrogen (secondary N) is 1. The molecule has 1 saturated heterocycles. The van der Waals surface area contributed by atoms with Gasteiger partial charge in [0.2, 0.25) is 0 Å². The Morgan fingerprint density at radius 2 is 2.20 bits per heavy atom. The first kappa shape index (κ1) is 14.4. The van der Waals surface area contributed by atoms with Gasteiger partial charge in [-0.2, -0.15) is 0 Å². The Balaban J connectivity index is 1.69. The predicted octanol–water partition coefficient (Wildman–Crippen LogP) is 2.56. The number of hydrogen-bond acceptors (Lipinski definition) is 4. The van der Waals surface area contributed by atoms with Crippen molar-refractivity contribution in [2.75, 3.05) is 25.5 Å². The maximum absolute atomic E-state index is 12.9. The van der Waals surface area contributed by atoms with E-state index in [1.807, 2.05) is 0 Å². The van der Waals surface area contributed by atoms with E-state index in [2.05, 4.69) is 53.6 Å². The normalized spacial score (nSPS) is 48.0. The average Bonchev–Trinajstić information content (AvgIpc) is 3.29. The molecule has 4 nitrogen and oxygen atoms in total. The maximum Gasteiger partial charge on any atom is 0.311 e. The van der Waals surface area contributed by atoms with Crippen LogP contribution in [0.2, 0.25) is 0 Å². The van der Waals surface area contributed by atoms with Gasteiger partial charge in [-0.15, -0.1) is 0 Å². The van der Waals surface area contributed by atoms with Crippen LogP contribution in [0.15, 0.2) is 36.4 Å². The first-order valence-corrected chi connectivity index (χ1v) is 9.49. The SMILES string of the molecule is COC(=O)[C@@H]1CC23C=CCN4CCC5(c6ccccc6NC15C2C)C43. The van der Waals surface area contributed by atoms with Crippen LogP contribution in [0.5, 0.6) is 0 Å². The Morgan fingerprint density at radius 3 is 3.04 bits per heavy atom. The van der Waals surface area contributed by atoms with Crippen LogP contribution in [0.4, 0.5) is 5.69 Å². The molecule has 0 radical (unpaired) electrons. The molecule has 5 aliphatic rings. The largest absolute Gasteiger partial charge is 0.469 e. The second kappa shape index (κ2) is 4.12. The third-order valence-corrected chi connectivity index (χ3v) is 8.47. The number of para-hydroxylation sites is 1. The van der Waals surface area contributed by atoms with E-state index in [-0.39, 0.29) is 28.3 Å². The molecule has 6 atom stereocenters. The number of carbonyl (C=O) groups is 1. The lowest BCUT2D eigenvalue weighted by molar-refractivity contribution is -0.149. The molecule has 1 N–H and O–H groups in total. The van der Waals surface area contributed by atoms with Gasteiger partial charge < -0.3 is 10.1 Å². The monoisotopic (exact) mass is 336 g/mol. The van der Waals surface area contributed by atoms with Crippen molar-refractivity contribution >= 4 is 11.7 Å². The molecule has 6 rings (SSSR count). The van der Waals surface area contributed by atoms with E-state index < -0.39 is 0 Å². The Labute approximate surface area is 148 Å². The molecule has 3 spiro atoms. The van der Waals surface area contributed by atoms with E-state index >= 15 is 0 Å². The molecule has 3 heterocycles. The van der Waals surface area contributed by atoms with Crippen molar-refractivity contribution in [3.63, 3.8) is 0 Å². The molecular formula is C21H24N2O2. The van der Waals surface area contributed by atoms with E-state index in [4.69, 9.17) is 4.74 Å². The molecule has 3 fully saturated rings. The van der Waals surface area contributed by atoms with Crippen LogP contribution in [0.3, 0.4) is 0 Å². The Kier molecular flexibility index (Phi) is 2.37. The number of methoxy groups -OCH3 is 1. The quantitative estimate of drug-likeness (QED) is 0.632. The number of ether oxygens (including phenoxy) is 1. The maximum atomic E-state index is 12.9. The predicted molar refractivity (Wildman–Crippen MR) is 95.3 cm³/mol. The van der Waals surface area contributed by atoms with Crippen LogP contribution < -0.4 is 5.32 Å². The second-order valence-electron chi connectivity index (χ2n) is 8.67. The summed E-state index contributed by atoms with van der Waals surface area (Å²) < 4.78 is 5.30. The summed E-state index contributed by atoms with van der Waals surface area (Å²) in [5, 5.41) is 3.92. The minimum Gasteiger partial charge on any atom is -0.469 e. The number of rotatable bonds is 1. The molecule has 25 heavy (non-hydrogen) atoms. The van der Waals surface area contributed by atoms with Crippen molar-refractivity contribution in [3.05, 3.63) is 42.0 Å². The Morgan fingerprint density at radius 1 is 1.36 bits per heavy atom. The lowest BCUT2D eigenvalue weighted by atomic mass is 9.57. The summed E-state index contributed by atoms with van der Waals surface area (Å²) in [6.07, 6.45) is 6.83. The first-order valence-electron chi connectivity index (χ1n) is 9.49. The van der Waals surface area contributed by atoms with Crippen molar-refractivity contribution in [2.24, 2.45) is 17.3 Å². The van der Waals surface area contributed by atoms with Gasteiger partial charge in [0.05, 0.1) is 18.6 Å². The molecule has 3 aliphatic heterocycles. The van der Waals surface area contributed by atoms with Gasteiger partial charge in [-0.1, -0.05) is 37.3 Å². The molecule has 4 heteroatoms. The van der Waals surface area contributed by atoms with Crippen LogP contribution >= 0.6 is 0 Å². The summed E-state index contributed by atoms with van der Waals surface area (Å²) in [5.74, 6) is 0.277. The third-order valence-electron chi connectivity index (χ3n) is 8.47. The molecule has 2 bridgehead atoms. The molecule has 1 aromatic rings. The molecule has 0 amide bonds. The summed E-state index contributed by atoms with van der Waals surface area (Å²) in [7, 11) is 1.54. The first-order chi connectivity index (χ1) is 12.1. The molecule has 2 aliphatic carbocycles. The number of anilines is 1. The number of carbonyl (C=O) groups excluding carboxylic acids is 1. The molecule has 2 saturated carbocycles. The lowest BCUT2D eigenvalue weighted by Crippen LogP contribution is -2.63. The number of benzene rings is 1. The summed E-state index contributed by atoms with van der Waals surface area (Å²) in [6.45, 7) is 4.53. The zero-order chi connectivity index (χ0) is 17.0. The summed E-state index contributed by atoms with van der Waals surface area (Å²) in [4.78, 5) is 15.6. The molecule has 0 aromatic heterocycles. The van der Waals surface area contributed by atoms with Crippen LogP contribution in [-0.2, 0) is 14.9 Å². The van der Waals surface area contributed by atoms with E-state index in [1.165, 1.54) is 18.4 Å². The average molecular weight is 336 g/mol. The van der Waals surface area contributed by atoms with E-state index in [1.54, 1.807) is 0 Å². The Bertz CT molecular complexity index is 835. The fraction of sp³-hybridized carbons (Fsp3) is 0.571. The van der Waals surface area contributed by atoms with Gasteiger partial charge in [-0.25, -0.2) is 0 Å². The summed E-state index contributed by atoms with van der Waals surface area (Å²) in [6, 6.07) is 9.25. The smallest absolute Gasteiger partial charge is 0.311 e. The zero-order valence-corrected chi connectivity index (χ0v) is 14.8. The standard InChI is InChI=1S/C21H24N2O2/c1-13-19-8-5-10-23-11-9-20(18(19)23)14-6-3-4-7-16(14)22-21(13,20)15(12-19)17(24)25-2/h3-8,13,15,18,22H,9-12H2,1-2H3/t13?,15-,18?,19?,20?,21?/m0/s1. The van der Waals surface area contributed by atoms with Crippen LogP contribution in [-0.4, -0.2) is 42.6 Å². The van der Waals surface area contributed by atoms with Gasteiger partial charge in [0, 0.05) is 29.1 Å². The van der Waals surface area contributed by atoms with Crippen molar-refractivity contribution in [1.82, 2.24) is 4.90 Å². The molecule has 5 unspecified atom stereocenters. The minimum atomic E-state index is -0.224. The summed E-state index contributed by atoms with van der Waals surface area (Å²) in [5.41, 5.74) is 2.53. The number of esters is 1. The van der Waals surface area contributed by atoms with Crippen molar-refractivity contribution < 1.29 is 9.53 Å². The topological polar surface area (TPSA) is 41.6 Å². The van der Waals surface area contributed by atoms with Gasteiger partial charge in [-0.05, 0) is 36.9 Å². The number of nitrogens with zero attached hydrogens (tertiary/aromatic N) is 1. The van der Waals surface area contributed by atoms with E-state index in [9.17, 15) is 4.79 Å². The third kappa shape index (κ3) is 1.19. The fourth-order valence-electron chi connectivity index (χ4n) is 7.93. The summed E-state index contributed by atoms with van der Waals surface area (Å²) >= 11 is 0. The van der Waals surface area contributed by atoms with Gasteiger partial charge >= 0.3 is 5.97 Å². The van der Waals surface area contributed by atoms with Crippen LogP contribution in [0.1, 0.15) is 25.3 Å². The minimum absolute atomic E-state index is 0.0187. The van der Waals surface area contributed by atoms with Crippen LogP contribution in [0.25, 0.3) is 0 Å². The van der Waals surface area contributed by atoms with Crippen LogP contribution in [0, 0.1) is 17.3 Å². The van der Waals surface area contributed by atoms with E-state index in [0.29, 0.717) is 12.0 Å². The van der Waals surface area contributed by atoms with Gasteiger partial charge in [0.1, 0.15) is 0 Å². The highest BCUT2D eigenvalue weighted by atomic mass is 16.5. The second-order valence-corrected chi connectivity index (χ2v) is 8.67. The van der Waals surface area contributed by atoms with Gasteiger partial charge in [-0.3, -0.25) is 9.69 Å². The Hall–Kier alpha value is -1.81. The zero-order valence-electron chi connectivity index (χ0n) is 14.8. The highest BCUT2D eigenvalue weighted by Gasteiger charge is 2.85. The number of hydrogen-bond donors (Lipinski definition) is 1. The van der Waals surface area contributed by atoms with Gasteiger partial charge in [0.25, 0.3) is 0 Å². The number of fused-ring (bicyclic) bond motifs is 1. The van der Waals surface area contributed by atoms with Crippen molar-refractivity contribution in [3.8, 4) is 0 Å². The highest BCUT2D eigenvalue weighted by molar-refractivity contribution is 5.82. The molecule has 1 aromatic carbocycles.